The molecule has 2 aliphatic rings. The largest absolute Gasteiger partial charge is 0.393 e. The molecule has 2 atom stereocenters. The standard InChI is InChI=1S/C17H33NO/c1-16(2,3)11-12-18(4)15-13-14(19)7-10-17(15)8-5-6-9-17/h14-15,19H,5-13H2,1-4H3. The van der Waals surface area contributed by atoms with Crippen molar-refractivity contribution in [1.82, 2.24) is 4.90 Å². The maximum Gasteiger partial charge on any atom is 0.0555 e. The highest BCUT2D eigenvalue weighted by Gasteiger charge is 2.46. The van der Waals surface area contributed by atoms with Gasteiger partial charge in [-0.1, -0.05) is 33.6 Å². The van der Waals surface area contributed by atoms with Crippen LogP contribution in [0.2, 0.25) is 0 Å². The summed E-state index contributed by atoms with van der Waals surface area (Å²) in [5, 5.41) is 10.1. The number of hydrogen-bond donors (Lipinski definition) is 1. The molecule has 2 saturated carbocycles. The van der Waals surface area contributed by atoms with Crippen molar-refractivity contribution in [3.63, 3.8) is 0 Å². The van der Waals surface area contributed by atoms with Crippen LogP contribution in [0.15, 0.2) is 0 Å². The maximum atomic E-state index is 10.1. The van der Waals surface area contributed by atoms with Crippen molar-refractivity contribution in [3.8, 4) is 0 Å². The second-order valence-electron chi connectivity index (χ2n) is 8.30. The Labute approximate surface area is 119 Å². The van der Waals surface area contributed by atoms with Crippen LogP contribution in [0.4, 0.5) is 0 Å². The molecule has 112 valence electrons. The molecule has 1 N–H and O–H groups in total. The van der Waals surface area contributed by atoms with Crippen molar-refractivity contribution in [2.75, 3.05) is 13.6 Å². The van der Waals surface area contributed by atoms with E-state index in [0.29, 0.717) is 16.9 Å². The van der Waals surface area contributed by atoms with E-state index >= 15 is 0 Å². The molecule has 0 aliphatic heterocycles. The topological polar surface area (TPSA) is 23.5 Å². The summed E-state index contributed by atoms with van der Waals surface area (Å²) in [6.45, 7) is 8.13. The lowest BCUT2D eigenvalue weighted by Gasteiger charge is -2.48. The monoisotopic (exact) mass is 267 g/mol. The van der Waals surface area contributed by atoms with Crippen LogP contribution >= 0.6 is 0 Å². The Bertz CT molecular complexity index is 288. The molecule has 2 nitrogen and oxygen atoms in total. The summed E-state index contributed by atoms with van der Waals surface area (Å²) in [6, 6.07) is 0.612. The lowest BCUT2D eigenvalue weighted by molar-refractivity contribution is -0.0193. The van der Waals surface area contributed by atoms with E-state index in [1.54, 1.807) is 0 Å². The second kappa shape index (κ2) is 5.73. The van der Waals surface area contributed by atoms with Crippen LogP contribution in [0.5, 0.6) is 0 Å². The lowest BCUT2D eigenvalue weighted by atomic mass is 9.67. The van der Waals surface area contributed by atoms with Crippen molar-refractivity contribution in [1.29, 1.82) is 0 Å². The summed E-state index contributed by atoms with van der Waals surface area (Å²) in [7, 11) is 2.29. The molecule has 2 aliphatic carbocycles. The van der Waals surface area contributed by atoms with Gasteiger partial charge in [-0.15, -0.1) is 0 Å². The summed E-state index contributed by atoms with van der Waals surface area (Å²) in [5.41, 5.74) is 0.941. The fourth-order valence-electron chi connectivity index (χ4n) is 4.22. The van der Waals surface area contributed by atoms with Gasteiger partial charge in [-0.2, -0.15) is 0 Å². The number of rotatable bonds is 3. The van der Waals surface area contributed by atoms with E-state index < -0.39 is 0 Å². The van der Waals surface area contributed by atoms with E-state index in [2.05, 4.69) is 32.7 Å². The molecule has 0 aromatic heterocycles. The summed E-state index contributed by atoms with van der Waals surface area (Å²) in [5.74, 6) is 0. The van der Waals surface area contributed by atoms with Gasteiger partial charge < -0.3 is 10.0 Å². The third-order valence-electron chi connectivity index (χ3n) is 5.52. The van der Waals surface area contributed by atoms with E-state index in [0.717, 1.165) is 12.8 Å². The first-order valence-corrected chi connectivity index (χ1v) is 8.21. The highest BCUT2D eigenvalue weighted by Crippen LogP contribution is 2.50. The van der Waals surface area contributed by atoms with E-state index in [4.69, 9.17) is 0 Å². The zero-order chi connectivity index (χ0) is 14.1. The predicted molar refractivity (Wildman–Crippen MR) is 81.2 cm³/mol. The van der Waals surface area contributed by atoms with E-state index in [1.807, 2.05) is 0 Å². The Morgan fingerprint density at radius 2 is 1.79 bits per heavy atom. The molecule has 19 heavy (non-hydrogen) atoms. The molecule has 0 amide bonds. The molecule has 2 rings (SSSR count). The van der Waals surface area contributed by atoms with Gasteiger partial charge in [-0.25, -0.2) is 0 Å². The second-order valence-corrected chi connectivity index (χ2v) is 8.30. The van der Waals surface area contributed by atoms with Gasteiger partial charge in [0.15, 0.2) is 0 Å². The molecule has 2 fully saturated rings. The van der Waals surface area contributed by atoms with Crippen molar-refractivity contribution in [2.24, 2.45) is 10.8 Å². The van der Waals surface area contributed by atoms with Crippen LogP contribution in [0.25, 0.3) is 0 Å². The first-order chi connectivity index (χ1) is 8.82. The molecular weight excluding hydrogens is 234 g/mol. The van der Waals surface area contributed by atoms with Crippen LogP contribution in [0, 0.1) is 10.8 Å². The summed E-state index contributed by atoms with van der Waals surface area (Å²) >= 11 is 0. The number of nitrogens with zero attached hydrogens (tertiary/aromatic N) is 1. The molecule has 0 heterocycles. The molecule has 0 bridgehead atoms. The van der Waals surface area contributed by atoms with Gasteiger partial charge in [-0.05, 0) is 62.9 Å². The van der Waals surface area contributed by atoms with Crippen LogP contribution in [-0.4, -0.2) is 35.7 Å². The van der Waals surface area contributed by atoms with Crippen LogP contribution in [-0.2, 0) is 0 Å². The third-order valence-corrected chi connectivity index (χ3v) is 5.52. The highest BCUT2D eigenvalue weighted by molar-refractivity contribution is 4.99. The van der Waals surface area contributed by atoms with Gasteiger partial charge in [-0.3, -0.25) is 0 Å². The Balaban J connectivity index is 2.01. The SMILES string of the molecule is CN(CCC(C)(C)C)C1CC(O)CCC12CCCC2. The molecule has 0 aromatic carbocycles. The Morgan fingerprint density at radius 3 is 2.37 bits per heavy atom. The zero-order valence-corrected chi connectivity index (χ0v) is 13.4. The van der Waals surface area contributed by atoms with E-state index in [9.17, 15) is 5.11 Å². The number of aliphatic hydroxyl groups excluding tert-OH is 1. The Kier molecular flexibility index (Phi) is 4.62. The molecule has 1 spiro atoms. The van der Waals surface area contributed by atoms with Crippen LogP contribution in [0.1, 0.15) is 72.1 Å². The lowest BCUT2D eigenvalue weighted by Crippen LogP contribution is -2.50. The average Bonchev–Trinajstić information content (AvgIpc) is 2.78. The summed E-state index contributed by atoms with van der Waals surface area (Å²) in [6.07, 6.45) is 10.1. The highest BCUT2D eigenvalue weighted by atomic mass is 16.3. The minimum absolute atomic E-state index is 0.0617. The fraction of sp³-hybridized carbons (Fsp3) is 1.00. The van der Waals surface area contributed by atoms with Gasteiger partial charge in [0.1, 0.15) is 0 Å². The third kappa shape index (κ3) is 3.72. The quantitative estimate of drug-likeness (QED) is 0.840. The first-order valence-electron chi connectivity index (χ1n) is 8.21. The van der Waals surface area contributed by atoms with Gasteiger partial charge in [0.25, 0.3) is 0 Å². The molecule has 2 heteroatoms. The van der Waals surface area contributed by atoms with Crippen molar-refractivity contribution < 1.29 is 5.11 Å². The van der Waals surface area contributed by atoms with Gasteiger partial charge in [0.2, 0.25) is 0 Å². The minimum Gasteiger partial charge on any atom is -0.393 e. The minimum atomic E-state index is -0.0617. The molecule has 0 radical (unpaired) electrons. The van der Waals surface area contributed by atoms with E-state index in [1.165, 1.54) is 45.1 Å². The van der Waals surface area contributed by atoms with Gasteiger partial charge in [0, 0.05) is 6.04 Å². The van der Waals surface area contributed by atoms with Crippen LogP contribution in [0.3, 0.4) is 0 Å². The molecule has 0 saturated heterocycles. The molecule has 0 aromatic rings. The van der Waals surface area contributed by atoms with Crippen molar-refractivity contribution >= 4 is 0 Å². The predicted octanol–water partition coefficient (Wildman–Crippen LogP) is 3.83. The fourth-order valence-corrected chi connectivity index (χ4v) is 4.22. The van der Waals surface area contributed by atoms with Gasteiger partial charge in [0.05, 0.1) is 6.10 Å². The average molecular weight is 267 g/mol. The normalized spacial score (nSPS) is 31.3. The smallest absolute Gasteiger partial charge is 0.0555 e. The first kappa shape index (κ1) is 15.3. The number of hydrogen-bond acceptors (Lipinski definition) is 2. The summed E-state index contributed by atoms with van der Waals surface area (Å²) in [4.78, 5) is 2.57. The van der Waals surface area contributed by atoms with E-state index in [-0.39, 0.29) is 6.10 Å². The van der Waals surface area contributed by atoms with Gasteiger partial charge >= 0.3 is 0 Å². The Morgan fingerprint density at radius 1 is 1.16 bits per heavy atom. The van der Waals surface area contributed by atoms with Crippen molar-refractivity contribution in [2.45, 2.75) is 84.3 Å². The summed E-state index contributed by atoms with van der Waals surface area (Å²) < 4.78 is 0. The van der Waals surface area contributed by atoms with Crippen molar-refractivity contribution in [3.05, 3.63) is 0 Å². The maximum absolute atomic E-state index is 10.1. The van der Waals surface area contributed by atoms with Crippen LogP contribution < -0.4 is 0 Å². The molecule has 2 unspecified atom stereocenters. The number of aliphatic hydroxyl groups is 1. The molecular formula is C17H33NO. The zero-order valence-electron chi connectivity index (χ0n) is 13.4. The Hall–Kier alpha value is -0.0800.